The molecule has 7 nitrogen and oxygen atoms in total. The van der Waals surface area contributed by atoms with Crippen LogP contribution in [0.15, 0.2) is 53.4 Å². The zero-order valence-corrected chi connectivity index (χ0v) is 17.4. The van der Waals surface area contributed by atoms with Gasteiger partial charge in [-0.1, -0.05) is 23.5 Å². The number of sulfonamides is 1. The zero-order valence-electron chi connectivity index (χ0n) is 15.7. The highest BCUT2D eigenvalue weighted by Gasteiger charge is 2.25. The van der Waals surface area contributed by atoms with Gasteiger partial charge in [-0.05, 0) is 42.0 Å². The Balaban J connectivity index is 1.41. The average Bonchev–Trinajstić information content (AvgIpc) is 3.14. The van der Waals surface area contributed by atoms with Crippen molar-refractivity contribution in [2.75, 3.05) is 31.6 Å². The lowest BCUT2D eigenvalue weighted by atomic mass is 10.2. The first kappa shape index (κ1) is 20.6. The molecular weight excluding hydrogens is 429 g/mol. The quantitative estimate of drug-likeness (QED) is 0.607. The Hall–Kier alpha value is -2.66. The number of amides is 1. The maximum absolute atomic E-state index is 13.3. The van der Waals surface area contributed by atoms with E-state index in [9.17, 15) is 17.6 Å². The van der Waals surface area contributed by atoms with E-state index in [1.807, 2.05) is 0 Å². The first-order valence-electron chi connectivity index (χ1n) is 9.15. The van der Waals surface area contributed by atoms with Crippen molar-refractivity contribution >= 4 is 48.7 Å². The number of anilines is 1. The normalized spacial score (nSPS) is 15.6. The van der Waals surface area contributed by atoms with Gasteiger partial charge in [0.1, 0.15) is 5.82 Å². The van der Waals surface area contributed by atoms with Gasteiger partial charge in [0, 0.05) is 19.2 Å². The van der Waals surface area contributed by atoms with E-state index in [1.165, 1.54) is 46.0 Å². The van der Waals surface area contributed by atoms with Crippen LogP contribution in [0.5, 0.6) is 0 Å². The largest absolute Gasteiger partial charge is 0.379 e. The summed E-state index contributed by atoms with van der Waals surface area (Å²) in [5, 5.41) is 3.02. The molecule has 10 heteroatoms. The maximum atomic E-state index is 13.3. The number of hydrogen-bond donors (Lipinski definition) is 1. The fourth-order valence-electron chi connectivity index (χ4n) is 2.96. The second kappa shape index (κ2) is 8.60. The number of nitrogens with one attached hydrogen (secondary N) is 1. The van der Waals surface area contributed by atoms with Crippen molar-refractivity contribution in [1.82, 2.24) is 9.29 Å². The molecule has 0 bridgehead atoms. The van der Waals surface area contributed by atoms with Gasteiger partial charge in [-0.25, -0.2) is 17.8 Å². The van der Waals surface area contributed by atoms with Crippen molar-refractivity contribution in [1.29, 1.82) is 0 Å². The molecule has 0 aliphatic carbocycles. The van der Waals surface area contributed by atoms with Crippen LogP contribution in [0.2, 0.25) is 0 Å². The molecule has 0 saturated carbocycles. The molecule has 0 radical (unpaired) electrons. The number of hydrogen-bond acceptors (Lipinski definition) is 6. The smallest absolute Gasteiger partial charge is 0.250 e. The van der Waals surface area contributed by atoms with Crippen LogP contribution < -0.4 is 5.32 Å². The Morgan fingerprint density at radius 2 is 1.90 bits per heavy atom. The fourth-order valence-corrected chi connectivity index (χ4v) is 5.26. The molecular formula is C20H18FN3O4S2. The molecule has 3 aromatic rings. The second-order valence-corrected chi connectivity index (χ2v) is 9.51. The summed E-state index contributed by atoms with van der Waals surface area (Å²) >= 11 is 1.18. The number of aromatic nitrogens is 1. The van der Waals surface area contributed by atoms with Gasteiger partial charge in [0.2, 0.25) is 15.9 Å². The van der Waals surface area contributed by atoms with Gasteiger partial charge in [-0.3, -0.25) is 10.1 Å². The molecule has 1 N–H and O–H groups in total. The second-order valence-electron chi connectivity index (χ2n) is 6.54. The third-order valence-corrected chi connectivity index (χ3v) is 7.34. The number of nitrogens with zero attached hydrogens (tertiary/aromatic N) is 2. The standard InChI is InChI=1S/C20H18FN3O4S2/c21-15-4-7-17-18(13-15)29-20(22-17)23-19(25)8-3-14-1-5-16(6-2-14)30(26,27)24-9-11-28-12-10-24/h1-8,13H,9-12H2,(H,22,23,25)/b8-3+. The minimum absolute atomic E-state index is 0.202. The summed E-state index contributed by atoms with van der Waals surface area (Å²) in [5.41, 5.74) is 1.29. The van der Waals surface area contributed by atoms with Crippen molar-refractivity contribution < 1.29 is 22.3 Å². The molecule has 4 rings (SSSR count). The number of carbonyl (C=O) groups excluding carboxylic acids is 1. The van der Waals surface area contributed by atoms with Crippen molar-refractivity contribution in [2.24, 2.45) is 0 Å². The highest BCUT2D eigenvalue weighted by molar-refractivity contribution is 7.89. The summed E-state index contributed by atoms with van der Waals surface area (Å²) in [6, 6.07) is 10.5. The van der Waals surface area contributed by atoms with Gasteiger partial charge in [0.25, 0.3) is 0 Å². The summed E-state index contributed by atoms with van der Waals surface area (Å²) in [6.07, 6.45) is 2.91. The van der Waals surface area contributed by atoms with Crippen LogP contribution in [-0.4, -0.2) is 49.9 Å². The third kappa shape index (κ3) is 4.57. The van der Waals surface area contributed by atoms with Gasteiger partial charge in [-0.2, -0.15) is 4.31 Å². The van der Waals surface area contributed by atoms with E-state index < -0.39 is 10.0 Å². The van der Waals surface area contributed by atoms with Crippen molar-refractivity contribution in [3.8, 4) is 0 Å². The van der Waals surface area contributed by atoms with E-state index in [2.05, 4.69) is 10.3 Å². The number of rotatable bonds is 5. The van der Waals surface area contributed by atoms with Gasteiger partial charge in [-0.15, -0.1) is 0 Å². The predicted octanol–water partition coefficient (Wildman–Crippen LogP) is 3.11. The number of benzene rings is 2. The van der Waals surface area contributed by atoms with Crippen LogP contribution in [0.3, 0.4) is 0 Å². The molecule has 1 aliphatic rings. The van der Waals surface area contributed by atoms with Gasteiger partial charge in [0.05, 0.1) is 28.3 Å². The van der Waals surface area contributed by atoms with Crippen molar-refractivity contribution in [3.05, 3.63) is 59.9 Å². The molecule has 156 valence electrons. The number of thiazole rings is 1. The summed E-state index contributed by atoms with van der Waals surface area (Å²) < 4.78 is 45.7. The van der Waals surface area contributed by atoms with Crippen LogP contribution >= 0.6 is 11.3 Å². The SMILES string of the molecule is O=C(/C=C/c1ccc(S(=O)(=O)N2CCOCC2)cc1)Nc1nc2ccc(F)cc2s1. The molecule has 0 atom stereocenters. The lowest BCUT2D eigenvalue weighted by Crippen LogP contribution is -2.40. The summed E-state index contributed by atoms with van der Waals surface area (Å²) in [7, 11) is -3.55. The fraction of sp³-hybridized carbons (Fsp3) is 0.200. The van der Waals surface area contributed by atoms with E-state index in [0.717, 1.165) is 0 Å². The lowest BCUT2D eigenvalue weighted by Gasteiger charge is -2.26. The van der Waals surface area contributed by atoms with Gasteiger partial charge >= 0.3 is 0 Å². The minimum atomic E-state index is -3.55. The number of fused-ring (bicyclic) bond motifs is 1. The highest BCUT2D eigenvalue weighted by atomic mass is 32.2. The summed E-state index contributed by atoms with van der Waals surface area (Å²) in [5.74, 6) is -0.748. The third-order valence-electron chi connectivity index (χ3n) is 4.50. The summed E-state index contributed by atoms with van der Waals surface area (Å²) in [6.45, 7) is 1.45. The summed E-state index contributed by atoms with van der Waals surface area (Å²) in [4.78, 5) is 16.6. The Bertz CT molecular complexity index is 1200. The van der Waals surface area contributed by atoms with E-state index in [1.54, 1.807) is 24.3 Å². The number of halogens is 1. The highest BCUT2D eigenvalue weighted by Crippen LogP contribution is 2.26. The molecule has 1 aromatic heterocycles. The number of carbonyl (C=O) groups is 1. The molecule has 1 saturated heterocycles. The number of morpholine rings is 1. The van der Waals surface area contributed by atoms with Gasteiger partial charge in [0.15, 0.2) is 5.13 Å². The van der Waals surface area contributed by atoms with Crippen LogP contribution in [0, 0.1) is 5.82 Å². The molecule has 2 heterocycles. The van der Waals surface area contributed by atoms with Crippen LogP contribution in [0.25, 0.3) is 16.3 Å². The molecule has 1 fully saturated rings. The van der Waals surface area contributed by atoms with Gasteiger partial charge < -0.3 is 4.74 Å². The van der Waals surface area contributed by atoms with Crippen LogP contribution in [0.1, 0.15) is 5.56 Å². The first-order valence-corrected chi connectivity index (χ1v) is 11.4. The number of ether oxygens (including phenoxy) is 1. The zero-order chi connectivity index (χ0) is 21.1. The Labute approximate surface area is 176 Å². The van der Waals surface area contributed by atoms with E-state index in [4.69, 9.17) is 4.74 Å². The predicted molar refractivity (Wildman–Crippen MR) is 113 cm³/mol. The molecule has 0 spiro atoms. The molecule has 30 heavy (non-hydrogen) atoms. The monoisotopic (exact) mass is 447 g/mol. The Morgan fingerprint density at radius 3 is 2.63 bits per heavy atom. The minimum Gasteiger partial charge on any atom is -0.379 e. The topological polar surface area (TPSA) is 88.6 Å². The molecule has 2 aromatic carbocycles. The maximum Gasteiger partial charge on any atom is 0.250 e. The van der Waals surface area contributed by atoms with Crippen molar-refractivity contribution in [2.45, 2.75) is 4.90 Å². The average molecular weight is 448 g/mol. The Morgan fingerprint density at radius 1 is 1.17 bits per heavy atom. The Kier molecular flexibility index (Phi) is 5.91. The van der Waals surface area contributed by atoms with E-state index in [-0.39, 0.29) is 16.6 Å². The lowest BCUT2D eigenvalue weighted by molar-refractivity contribution is -0.111. The molecule has 1 amide bonds. The van der Waals surface area contributed by atoms with Crippen LogP contribution in [-0.2, 0) is 19.6 Å². The van der Waals surface area contributed by atoms with Crippen molar-refractivity contribution in [3.63, 3.8) is 0 Å². The molecule has 0 unspecified atom stereocenters. The van der Waals surface area contributed by atoms with E-state index >= 15 is 0 Å². The molecule has 1 aliphatic heterocycles. The first-order chi connectivity index (χ1) is 14.4. The van der Waals surface area contributed by atoms with Crippen LogP contribution in [0.4, 0.5) is 9.52 Å². The van der Waals surface area contributed by atoms with E-state index in [0.29, 0.717) is 47.2 Å².